The topological polar surface area (TPSA) is 47.3 Å². The van der Waals surface area contributed by atoms with Gasteiger partial charge >= 0.3 is 0 Å². The van der Waals surface area contributed by atoms with Gasteiger partial charge in [-0.25, -0.2) is 0 Å². The Morgan fingerprint density at radius 1 is 1.57 bits per heavy atom. The van der Waals surface area contributed by atoms with E-state index in [9.17, 15) is 0 Å². The monoisotopic (exact) mass is 192 g/mol. The number of aryl methyl sites for hydroxylation is 1. The highest BCUT2D eigenvalue weighted by Crippen LogP contribution is 2.32. The van der Waals surface area contributed by atoms with Gasteiger partial charge in [0, 0.05) is 0 Å². The Labute approximate surface area is 84.3 Å². The van der Waals surface area contributed by atoms with Crippen LogP contribution < -0.4 is 15.8 Å². The van der Waals surface area contributed by atoms with Gasteiger partial charge in [0.05, 0.1) is 11.7 Å². The molecule has 0 radical (unpaired) electrons. The van der Waals surface area contributed by atoms with Crippen LogP contribution in [0.1, 0.15) is 12.0 Å². The molecule has 0 fully saturated rings. The van der Waals surface area contributed by atoms with Crippen LogP contribution in [0.5, 0.6) is 5.75 Å². The Kier molecular flexibility index (Phi) is 2.59. The fourth-order valence-corrected chi connectivity index (χ4v) is 1.76. The minimum absolute atomic E-state index is 0.356. The first-order valence-electron chi connectivity index (χ1n) is 5.00. The van der Waals surface area contributed by atoms with Crippen molar-refractivity contribution in [2.45, 2.75) is 19.4 Å². The first-order chi connectivity index (χ1) is 6.81. The van der Waals surface area contributed by atoms with E-state index in [0.29, 0.717) is 12.6 Å². The molecule has 0 aliphatic carbocycles. The third kappa shape index (κ3) is 1.68. The summed E-state index contributed by atoms with van der Waals surface area (Å²) in [4.78, 5) is 0. The zero-order chi connectivity index (χ0) is 9.97. The van der Waals surface area contributed by atoms with E-state index in [4.69, 9.17) is 10.5 Å². The molecule has 0 amide bonds. The van der Waals surface area contributed by atoms with Gasteiger partial charge in [-0.15, -0.1) is 0 Å². The minimum atomic E-state index is 0.356. The molecule has 2 rings (SSSR count). The number of benzene rings is 1. The van der Waals surface area contributed by atoms with Crippen molar-refractivity contribution in [1.82, 2.24) is 0 Å². The summed E-state index contributed by atoms with van der Waals surface area (Å²) in [6, 6.07) is 6.50. The summed E-state index contributed by atoms with van der Waals surface area (Å²) < 4.78 is 5.70. The Balaban J connectivity index is 2.18. The molecule has 1 atom stereocenters. The lowest BCUT2D eigenvalue weighted by molar-refractivity contribution is 0.278. The molecular weight excluding hydrogens is 176 g/mol. The van der Waals surface area contributed by atoms with Crippen LogP contribution in [0, 0.1) is 6.92 Å². The van der Waals surface area contributed by atoms with E-state index in [-0.39, 0.29) is 0 Å². The molecule has 1 aromatic rings. The van der Waals surface area contributed by atoms with E-state index >= 15 is 0 Å². The maximum atomic E-state index is 5.70. The third-order valence-corrected chi connectivity index (χ3v) is 2.52. The van der Waals surface area contributed by atoms with Gasteiger partial charge in [0.25, 0.3) is 0 Å². The summed E-state index contributed by atoms with van der Waals surface area (Å²) >= 11 is 0. The normalized spacial score (nSPS) is 19.4. The zero-order valence-electron chi connectivity index (χ0n) is 8.42. The number of fused-ring (bicyclic) bond motifs is 1. The van der Waals surface area contributed by atoms with Gasteiger partial charge in [-0.3, -0.25) is 0 Å². The molecule has 0 bridgehead atoms. The van der Waals surface area contributed by atoms with Gasteiger partial charge in [-0.1, -0.05) is 12.1 Å². The van der Waals surface area contributed by atoms with Crippen molar-refractivity contribution in [2.75, 3.05) is 18.5 Å². The van der Waals surface area contributed by atoms with Gasteiger partial charge in [-0.2, -0.15) is 0 Å². The SMILES string of the molecule is Cc1cccc2c1OCC(CCN)N2. The van der Waals surface area contributed by atoms with Crippen molar-refractivity contribution in [1.29, 1.82) is 0 Å². The fraction of sp³-hybridized carbons (Fsp3) is 0.455. The molecule has 1 aliphatic rings. The smallest absolute Gasteiger partial charge is 0.145 e. The van der Waals surface area contributed by atoms with Crippen LogP contribution in [-0.2, 0) is 0 Å². The standard InChI is InChI=1S/C11H16N2O/c1-8-3-2-4-10-11(8)14-7-9(13-10)5-6-12/h2-4,9,13H,5-7,12H2,1H3. The molecule has 0 spiro atoms. The van der Waals surface area contributed by atoms with Crippen LogP contribution >= 0.6 is 0 Å². The minimum Gasteiger partial charge on any atom is -0.489 e. The summed E-state index contributed by atoms with van der Waals surface area (Å²) in [6.45, 7) is 3.47. The molecule has 3 heteroatoms. The van der Waals surface area contributed by atoms with Crippen molar-refractivity contribution in [2.24, 2.45) is 5.73 Å². The van der Waals surface area contributed by atoms with Gasteiger partial charge < -0.3 is 15.8 Å². The first kappa shape index (κ1) is 9.34. The van der Waals surface area contributed by atoms with Crippen molar-refractivity contribution < 1.29 is 4.74 Å². The number of ether oxygens (including phenoxy) is 1. The highest BCUT2D eigenvalue weighted by atomic mass is 16.5. The molecule has 1 aliphatic heterocycles. The van der Waals surface area contributed by atoms with Crippen LogP contribution in [0.3, 0.4) is 0 Å². The number of hydrogen-bond acceptors (Lipinski definition) is 3. The second-order valence-corrected chi connectivity index (χ2v) is 3.68. The molecule has 1 unspecified atom stereocenters. The van der Waals surface area contributed by atoms with E-state index in [1.54, 1.807) is 0 Å². The second kappa shape index (κ2) is 3.88. The summed E-state index contributed by atoms with van der Waals surface area (Å²) in [5.74, 6) is 0.987. The van der Waals surface area contributed by atoms with E-state index in [0.717, 1.165) is 24.5 Å². The number of anilines is 1. The lowest BCUT2D eigenvalue weighted by Crippen LogP contribution is -2.33. The van der Waals surface area contributed by atoms with E-state index in [2.05, 4.69) is 18.3 Å². The van der Waals surface area contributed by atoms with Crippen molar-refractivity contribution in [3.8, 4) is 5.75 Å². The molecule has 0 saturated carbocycles. The lowest BCUT2D eigenvalue weighted by atomic mass is 10.1. The Morgan fingerprint density at radius 2 is 2.43 bits per heavy atom. The van der Waals surface area contributed by atoms with E-state index in [1.165, 1.54) is 5.56 Å². The molecule has 0 saturated heterocycles. The maximum Gasteiger partial charge on any atom is 0.145 e. The molecule has 3 N–H and O–H groups in total. The van der Waals surface area contributed by atoms with Gasteiger partial charge in [-0.05, 0) is 31.5 Å². The lowest BCUT2D eigenvalue weighted by Gasteiger charge is -2.28. The number of para-hydroxylation sites is 1. The molecule has 14 heavy (non-hydrogen) atoms. The van der Waals surface area contributed by atoms with Crippen LogP contribution in [0.25, 0.3) is 0 Å². The molecule has 3 nitrogen and oxygen atoms in total. The van der Waals surface area contributed by atoms with Gasteiger partial charge in [0.2, 0.25) is 0 Å². The average molecular weight is 192 g/mol. The molecule has 1 aromatic carbocycles. The predicted molar refractivity (Wildman–Crippen MR) is 57.8 cm³/mol. The maximum absolute atomic E-state index is 5.70. The van der Waals surface area contributed by atoms with Gasteiger partial charge in [0.15, 0.2) is 0 Å². The van der Waals surface area contributed by atoms with Crippen molar-refractivity contribution >= 4 is 5.69 Å². The average Bonchev–Trinajstić information content (AvgIpc) is 2.18. The highest BCUT2D eigenvalue weighted by Gasteiger charge is 2.18. The van der Waals surface area contributed by atoms with Crippen LogP contribution in [0.15, 0.2) is 18.2 Å². The second-order valence-electron chi connectivity index (χ2n) is 3.68. The van der Waals surface area contributed by atoms with E-state index in [1.807, 2.05) is 12.1 Å². The first-order valence-corrected chi connectivity index (χ1v) is 5.00. The summed E-state index contributed by atoms with van der Waals surface area (Å²) in [5, 5.41) is 3.43. The Bertz CT molecular complexity index is 325. The Hall–Kier alpha value is -1.22. The molecule has 1 heterocycles. The summed E-state index contributed by atoms with van der Waals surface area (Å²) in [6.07, 6.45) is 0.952. The number of nitrogens with two attached hydrogens (primary N) is 1. The van der Waals surface area contributed by atoms with Crippen LogP contribution in [-0.4, -0.2) is 19.2 Å². The van der Waals surface area contributed by atoms with Crippen LogP contribution in [0.2, 0.25) is 0 Å². The number of hydrogen-bond donors (Lipinski definition) is 2. The third-order valence-electron chi connectivity index (χ3n) is 2.52. The largest absolute Gasteiger partial charge is 0.489 e. The molecule has 0 aromatic heterocycles. The predicted octanol–water partition coefficient (Wildman–Crippen LogP) is 1.52. The number of nitrogens with one attached hydrogen (secondary N) is 1. The Morgan fingerprint density at radius 3 is 3.21 bits per heavy atom. The zero-order valence-corrected chi connectivity index (χ0v) is 8.42. The van der Waals surface area contributed by atoms with Gasteiger partial charge in [0.1, 0.15) is 12.4 Å². The van der Waals surface area contributed by atoms with Crippen molar-refractivity contribution in [3.05, 3.63) is 23.8 Å². The fourth-order valence-electron chi connectivity index (χ4n) is 1.76. The summed E-state index contributed by atoms with van der Waals surface area (Å²) in [5.41, 5.74) is 7.79. The number of rotatable bonds is 2. The van der Waals surface area contributed by atoms with Crippen molar-refractivity contribution in [3.63, 3.8) is 0 Å². The van der Waals surface area contributed by atoms with E-state index < -0.39 is 0 Å². The quantitative estimate of drug-likeness (QED) is 0.746. The van der Waals surface area contributed by atoms with Crippen LogP contribution in [0.4, 0.5) is 5.69 Å². The summed E-state index contributed by atoms with van der Waals surface area (Å²) in [7, 11) is 0. The molecular formula is C11H16N2O. The molecule has 76 valence electrons. The highest BCUT2D eigenvalue weighted by molar-refractivity contribution is 5.61.